The van der Waals surface area contributed by atoms with E-state index < -0.39 is 0 Å². The highest BCUT2D eigenvalue weighted by Crippen LogP contribution is 2.40. The maximum atomic E-state index is 6.40. The van der Waals surface area contributed by atoms with Crippen LogP contribution in [0.2, 0.25) is 0 Å². The molecule has 7 rings (SSSR count). The molecule has 3 aliphatic rings. The second-order valence-electron chi connectivity index (χ2n) is 11.4. The molecule has 1 aromatic carbocycles. The molecule has 2 saturated heterocycles. The molecule has 5 heterocycles. The highest BCUT2D eigenvalue weighted by molar-refractivity contribution is 14.1. The molecule has 0 amide bonds. The molecule has 2 bridgehead atoms. The van der Waals surface area contributed by atoms with Crippen LogP contribution in [0.3, 0.4) is 0 Å². The van der Waals surface area contributed by atoms with Gasteiger partial charge in [-0.2, -0.15) is 0 Å². The number of ether oxygens (including phenoxy) is 4. The summed E-state index contributed by atoms with van der Waals surface area (Å²) in [5, 5.41) is 8.73. The smallest absolute Gasteiger partial charge is 0.215 e. The number of nitrogens with zero attached hydrogens (tertiary/aromatic N) is 6. The second-order valence-corrected chi connectivity index (χ2v) is 12.5. The third-order valence-corrected chi connectivity index (χ3v) is 9.12. The Morgan fingerprint density at radius 1 is 0.932 bits per heavy atom. The van der Waals surface area contributed by atoms with Gasteiger partial charge in [0, 0.05) is 68.6 Å². The monoisotopic (exact) mass is 707 g/mol. The maximum Gasteiger partial charge on any atom is 0.215 e. The van der Waals surface area contributed by atoms with Crippen molar-refractivity contribution >= 4 is 39.8 Å². The van der Waals surface area contributed by atoms with Gasteiger partial charge in [-0.25, -0.2) is 9.97 Å². The fourth-order valence-electron chi connectivity index (χ4n) is 6.35. The summed E-state index contributed by atoms with van der Waals surface area (Å²) in [7, 11) is 1.60. The van der Waals surface area contributed by atoms with Crippen LogP contribution in [0.4, 0.5) is 17.2 Å². The number of pyridine rings is 2. The number of benzene rings is 1. The van der Waals surface area contributed by atoms with E-state index in [-0.39, 0.29) is 19.0 Å². The number of para-hydroxylation sites is 1. The third kappa shape index (κ3) is 6.05. The second kappa shape index (κ2) is 12.6. The van der Waals surface area contributed by atoms with E-state index in [2.05, 4.69) is 64.7 Å². The zero-order chi connectivity index (χ0) is 30.0. The first kappa shape index (κ1) is 28.8. The van der Waals surface area contributed by atoms with E-state index in [1.807, 2.05) is 48.7 Å². The highest BCUT2D eigenvalue weighted by atomic mass is 127. The summed E-state index contributed by atoms with van der Waals surface area (Å²) >= 11 is 2.19. The zero-order valence-electron chi connectivity index (χ0n) is 24.4. The van der Waals surface area contributed by atoms with Gasteiger partial charge in [-0.1, -0.05) is 12.1 Å². The number of rotatable bonds is 10. The topological polar surface area (TPSA) is 121 Å². The normalized spacial score (nSPS) is 22.4. The standard InChI is InChI=1S/C32H34IN7O4/c1-41-19-42-29-5-3-2-4-26(29)27-15-28(32(34)38-37-27)39-17-21-6-7-22(18-39)40(21)20-10-11-35-31(12-20)44-25-13-24(14-25)43-23-8-9-30(33)36-16-23/h2-5,8-12,15-16,21-22,24-25H,6-7,13-14,17-19H2,1H3,(H2,34,38). The fraction of sp³-hybridized carbons (Fsp3) is 0.375. The molecule has 1 aliphatic carbocycles. The Morgan fingerprint density at radius 3 is 2.50 bits per heavy atom. The molecule has 2 N–H and O–H groups in total. The summed E-state index contributed by atoms with van der Waals surface area (Å²) in [5.41, 5.74) is 10.0. The van der Waals surface area contributed by atoms with Crippen molar-refractivity contribution in [2.24, 2.45) is 0 Å². The van der Waals surface area contributed by atoms with Gasteiger partial charge in [-0.15, -0.1) is 10.2 Å². The van der Waals surface area contributed by atoms with E-state index in [1.54, 1.807) is 13.3 Å². The summed E-state index contributed by atoms with van der Waals surface area (Å²) in [4.78, 5) is 13.7. The Bertz CT molecular complexity index is 1590. The molecule has 0 spiro atoms. The van der Waals surface area contributed by atoms with Gasteiger partial charge in [0.15, 0.2) is 12.6 Å². The molecular formula is C32H34IN7O4. The molecule has 1 saturated carbocycles. The molecule has 3 fully saturated rings. The molecule has 2 atom stereocenters. The summed E-state index contributed by atoms with van der Waals surface area (Å²) in [6, 6.07) is 18.5. The largest absolute Gasteiger partial charge is 0.489 e. The van der Waals surface area contributed by atoms with Gasteiger partial charge < -0.3 is 34.5 Å². The van der Waals surface area contributed by atoms with Crippen molar-refractivity contribution in [3.8, 4) is 28.6 Å². The van der Waals surface area contributed by atoms with Crippen molar-refractivity contribution in [3.63, 3.8) is 0 Å². The number of aromatic nitrogens is 4. The van der Waals surface area contributed by atoms with Gasteiger partial charge >= 0.3 is 0 Å². The molecule has 2 unspecified atom stereocenters. The first-order chi connectivity index (χ1) is 21.5. The third-order valence-electron chi connectivity index (χ3n) is 8.48. The van der Waals surface area contributed by atoms with Crippen LogP contribution in [0.25, 0.3) is 11.3 Å². The van der Waals surface area contributed by atoms with Gasteiger partial charge in [-0.05, 0) is 71.8 Å². The minimum Gasteiger partial charge on any atom is -0.489 e. The molecule has 4 aromatic rings. The van der Waals surface area contributed by atoms with Crippen molar-refractivity contribution in [2.75, 3.05) is 42.5 Å². The van der Waals surface area contributed by atoms with E-state index in [0.717, 1.165) is 65.2 Å². The molecular weight excluding hydrogens is 673 g/mol. The Morgan fingerprint density at radius 2 is 1.73 bits per heavy atom. The van der Waals surface area contributed by atoms with Crippen molar-refractivity contribution in [3.05, 3.63) is 70.7 Å². The van der Waals surface area contributed by atoms with Crippen LogP contribution in [0.15, 0.2) is 67.0 Å². The zero-order valence-corrected chi connectivity index (χ0v) is 26.5. The average Bonchev–Trinajstić information content (AvgIpc) is 3.29. The summed E-state index contributed by atoms with van der Waals surface area (Å²) in [6.07, 6.45) is 7.71. The van der Waals surface area contributed by atoms with Crippen LogP contribution in [0.5, 0.6) is 17.4 Å². The lowest BCUT2D eigenvalue weighted by atomic mass is 9.92. The van der Waals surface area contributed by atoms with Crippen molar-refractivity contribution in [1.29, 1.82) is 0 Å². The number of nitrogens with two attached hydrogens (primary N) is 1. The average molecular weight is 708 g/mol. The van der Waals surface area contributed by atoms with Gasteiger partial charge in [0.2, 0.25) is 5.88 Å². The van der Waals surface area contributed by atoms with E-state index in [9.17, 15) is 0 Å². The number of methoxy groups -OCH3 is 1. The number of fused-ring (bicyclic) bond motifs is 2. The van der Waals surface area contributed by atoms with Crippen molar-refractivity contribution in [2.45, 2.75) is 50.0 Å². The predicted molar refractivity (Wildman–Crippen MR) is 175 cm³/mol. The number of halogens is 1. The number of hydrogen-bond acceptors (Lipinski definition) is 11. The van der Waals surface area contributed by atoms with Gasteiger partial charge in [-0.3, -0.25) is 0 Å². The highest BCUT2D eigenvalue weighted by Gasteiger charge is 2.41. The molecule has 3 aromatic heterocycles. The van der Waals surface area contributed by atoms with Crippen molar-refractivity contribution < 1.29 is 18.9 Å². The Hall–Kier alpha value is -3.91. The van der Waals surface area contributed by atoms with Crippen LogP contribution >= 0.6 is 22.6 Å². The minimum absolute atomic E-state index is 0.0921. The van der Waals surface area contributed by atoms with Crippen LogP contribution in [0.1, 0.15) is 25.7 Å². The lowest BCUT2D eigenvalue weighted by molar-refractivity contribution is 0.00209. The number of piperazine rings is 1. The first-order valence-corrected chi connectivity index (χ1v) is 15.9. The Balaban J connectivity index is 1.01. The Kier molecular flexibility index (Phi) is 8.26. The first-order valence-electron chi connectivity index (χ1n) is 14.8. The number of anilines is 3. The van der Waals surface area contributed by atoms with Gasteiger partial charge in [0.25, 0.3) is 0 Å². The van der Waals surface area contributed by atoms with Crippen LogP contribution in [0, 0.1) is 3.70 Å². The van der Waals surface area contributed by atoms with E-state index in [0.29, 0.717) is 35.2 Å². The maximum absolute atomic E-state index is 6.40. The summed E-state index contributed by atoms with van der Waals surface area (Å²) < 4.78 is 24.1. The molecule has 228 valence electrons. The lowest BCUT2D eigenvalue weighted by Crippen LogP contribution is -2.54. The predicted octanol–water partition coefficient (Wildman–Crippen LogP) is 4.95. The fourth-order valence-corrected chi connectivity index (χ4v) is 6.67. The van der Waals surface area contributed by atoms with Gasteiger partial charge in [0.05, 0.1) is 17.6 Å². The quantitative estimate of drug-likeness (QED) is 0.137. The van der Waals surface area contributed by atoms with E-state index in [1.165, 1.54) is 0 Å². The minimum atomic E-state index is 0.0921. The SMILES string of the molecule is COCOc1ccccc1-c1cc(N2CC3CCC(C2)N3c2ccnc(OC3CC(Oc4ccc(I)nc4)C3)c2)c(N)nn1. The van der Waals surface area contributed by atoms with Crippen LogP contribution < -0.4 is 29.7 Å². The van der Waals surface area contributed by atoms with E-state index in [4.69, 9.17) is 24.7 Å². The van der Waals surface area contributed by atoms with Crippen LogP contribution in [-0.2, 0) is 4.74 Å². The molecule has 0 radical (unpaired) electrons. The summed E-state index contributed by atoms with van der Waals surface area (Å²) in [5.74, 6) is 2.57. The number of nitrogen functional groups attached to an aromatic ring is 1. The number of hydrogen-bond donors (Lipinski definition) is 1. The van der Waals surface area contributed by atoms with Crippen LogP contribution in [-0.4, -0.2) is 71.4 Å². The lowest BCUT2D eigenvalue weighted by Gasteiger charge is -2.43. The molecule has 2 aliphatic heterocycles. The molecule has 11 nitrogen and oxygen atoms in total. The Labute approximate surface area is 269 Å². The summed E-state index contributed by atoms with van der Waals surface area (Å²) in [6.45, 7) is 1.82. The van der Waals surface area contributed by atoms with Crippen molar-refractivity contribution in [1.82, 2.24) is 20.2 Å². The molecule has 44 heavy (non-hydrogen) atoms. The van der Waals surface area contributed by atoms with E-state index >= 15 is 0 Å². The van der Waals surface area contributed by atoms with Gasteiger partial charge in [0.1, 0.15) is 27.4 Å². The molecule has 12 heteroatoms.